The van der Waals surface area contributed by atoms with Crippen LogP contribution in [0.1, 0.15) is 11.1 Å². The number of thioether (sulfide) groups is 1. The Labute approximate surface area is 233 Å². The van der Waals surface area contributed by atoms with Gasteiger partial charge in [-0.25, -0.2) is 0 Å². The Morgan fingerprint density at radius 2 is 1.82 bits per heavy atom. The summed E-state index contributed by atoms with van der Waals surface area (Å²) < 4.78 is 16.6. The van der Waals surface area contributed by atoms with Crippen LogP contribution in [0.2, 0.25) is 0 Å². The fraction of sp³-hybridized carbons (Fsp3) is 0.179. The number of aryl methyl sites for hydroxylation is 1. The normalized spacial score (nSPS) is 13.8. The van der Waals surface area contributed by atoms with Crippen LogP contribution >= 0.6 is 11.8 Å². The molecule has 0 atom stereocenters. The fourth-order valence-electron chi connectivity index (χ4n) is 3.66. The molecule has 0 spiro atoms. The Hall–Kier alpha value is -4.84. The van der Waals surface area contributed by atoms with E-state index in [1.165, 1.54) is 31.4 Å². The van der Waals surface area contributed by atoms with E-state index in [-0.39, 0.29) is 47.0 Å². The lowest BCUT2D eigenvalue weighted by molar-refractivity contribution is -0.384. The van der Waals surface area contributed by atoms with Crippen molar-refractivity contribution in [3.05, 3.63) is 92.9 Å². The van der Waals surface area contributed by atoms with Gasteiger partial charge in [0.2, 0.25) is 0 Å². The number of nitrogens with zero attached hydrogens (tertiary/aromatic N) is 2. The number of hydrogen-bond donors (Lipinski definition) is 1. The van der Waals surface area contributed by atoms with Crippen LogP contribution in [0.4, 0.5) is 16.2 Å². The number of non-ortho nitro benzene ring substituents is 1. The van der Waals surface area contributed by atoms with E-state index in [4.69, 9.17) is 14.2 Å². The maximum Gasteiger partial charge on any atom is 0.293 e. The molecule has 0 saturated carbocycles. The summed E-state index contributed by atoms with van der Waals surface area (Å²) >= 11 is 0.836. The molecule has 3 amide bonds. The lowest BCUT2D eigenvalue weighted by Gasteiger charge is -2.13. The Balaban J connectivity index is 1.34. The summed E-state index contributed by atoms with van der Waals surface area (Å²) in [6, 6.07) is 17.9. The van der Waals surface area contributed by atoms with Crippen LogP contribution in [0.3, 0.4) is 0 Å². The summed E-state index contributed by atoms with van der Waals surface area (Å²) in [4.78, 5) is 49.3. The molecule has 11 nitrogen and oxygen atoms in total. The van der Waals surface area contributed by atoms with Crippen molar-refractivity contribution in [2.75, 3.05) is 32.2 Å². The number of anilines is 1. The van der Waals surface area contributed by atoms with E-state index in [1.807, 2.05) is 31.2 Å². The number of benzene rings is 3. The minimum Gasteiger partial charge on any atom is -0.493 e. The topological polar surface area (TPSA) is 137 Å². The van der Waals surface area contributed by atoms with Crippen molar-refractivity contribution in [2.24, 2.45) is 0 Å². The highest BCUT2D eigenvalue weighted by Gasteiger charge is 2.34. The highest BCUT2D eigenvalue weighted by atomic mass is 32.2. The zero-order valence-corrected chi connectivity index (χ0v) is 22.4. The van der Waals surface area contributed by atoms with Crippen molar-refractivity contribution < 1.29 is 33.5 Å². The summed E-state index contributed by atoms with van der Waals surface area (Å²) in [5.74, 6) is 0.299. The third kappa shape index (κ3) is 7.17. The van der Waals surface area contributed by atoms with E-state index in [2.05, 4.69) is 5.32 Å². The van der Waals surface area contributed by atoms with Crippen LogP contribution in [0.25, 0.3) is 6.08 Å². The summed E-state index contributed by atoms with van der Waals surface area (Å²) in [6.45, 7) is 1.88. The van der Waals surface area contributed by atoms with Crippen molar-refractivity contribution >= 4 is 46.3 Å². The van der Waals surface area contributed by atoms with Gasteiger partial charge >= 0.3 is 0 Å². The molecule has 40 heavy (non-hydrogen) atoms. The summed E-state index contributed by atoms with van der Waals surface area (Å²) in [5.41, 5.74) is 1.81. The van der Waals surface area contributed by atoms with Crippen molar-refractivity contribution in [1.29, 1.82) is 0 Å². The van der Waals surface area contributed by atoms with Crippen LogP contribution in [0.5, 0.6) is 17.2 Å². The number of imide groups is 1. The predicted octanol–water partition coefficient (Wildman–Crippen LogP) is 5.04. The first kappa shape index (κ1) is 28.2. The van der Waals surface area contributed by atoms with E-state index in [0.29, 0.717) is 17.1 Å². The van der Waals surface area contributed by atoms with Gasteiger partial charge in [-0.2, -0.15) is 0 Å². The summed E-state index contributed by atoms with van der Waals surface area (Å²) in [6.07, 6.45) is 1.58. The van der Waals surface area contributed by atoms with Crippen LogP contribution in [-0.2, 0) is 9.59 Å². The molecule has 0 bridgehead atoms. The molecule has 0 unspecified atom stereocenters. The van der Waals surface area contributed by atoms with Crippen molar-refractivity contribution in [2.45, 2.75) is 6.92 Å². The number of methoxy groups -OCH3 is 1. The molecule has 1 heterocycles. The first-order chi connectivity index (χ1) is 19.2. The van der Waals surface area contributed by atoms with Crippen LogP contribution in [0, 0.1) is 17.0 Å². The van der Waals surface area contributed by atoms with E-state index >= 15 is 0 Å². The van der Waals surface area contributed by atoms with Crippen LogP contribution in [-0.4, -0.2) is 53.7 Å². The number of nitrogens with one attached hydrogen (secondary N) is 1. The smallest absolute Gasteiger partial charge is 0.293 e. The number of carbonyl (C=O) groups is 3. The van der Waals surface area contributed by atoms with Gasteiger partial charge < -0.3 is 19.5 Å². The van der Waals surface area contributed by atoms with Gasteiger partial charge in [0, 0.05) is 17.8 Å². The van der Waals surface area contributed by atoms with Gasteiger partial charge in [-0.05, 0) is 60.7 Å². The van der Waals surface area contributed by atoms with Gasteiger partial charge in [0.1, 0.15) is 12.4 Å². The number of carbonyl (C=O) groups excluding carboxylic acids is 3. The lowest BCUT2D eigenvalue weighted by Crippen LogP contribution is -2.32. The lowest BCUT2D eigenvalue weighted by atomic mass is 10.2. The minimum absolute atomic E-state index is 0.115. The van der Waals surface area contributed by atoms with E-state index in [1.54, 1.807) is 24.3 Å². The first-order valence-corrected chi connectivity index (χ1v) is 12.8. The Morgan fingerprint density at radius 3 is 2.55 bits per heavy atom. The van der Waals surface area contributed by atoms with Crippen LogP contribution in [0.15, 0.2) is 71.6 Å². The second-order valence-corrected chi connectivity index (χ2v) is 9.54. The zero-order chi connectivity index (χ0) is 28.6. The Bertz CT molecular complexity index is 1470. The molecule has 3 aromatic rings. The molecule has 1 aliphatic rings. The molecule has 12 heteroatoms. The maximum atomic E-state index is 12.8. The summed E-state index contributed by atoms with van der Waals surface area (Å²) in [7, 11) is 1.43. The minimum atomic E-state index is -0.556. The molecule has 1 N–H and O–H groups in total. The van der Waals surface area contributed by atoms with Crippen molar-refractivity contribution in [3.8, 4) is 17.2 Å². The third-order valence-electron chi connectivity index (χ3n) is 5.66. The highest BCUT2D eigenvalue weighted by molar-refractivity contribution is 8.18. The molecule has 3 aromatic carbocycles. The number of nitro groups is 1. The Kier molecular flexibility index (Phi) is 9.02. The Morgan fingerprint density at radius 1 is 1.05 bits per heavy atom. The van der Waals surface area contributed by atoms with Crippen molar-refractivity contribution in [1.82, 2.24) is 4.90 Å². The molecule has 0 aliphatic carbocycles. The molecular formula is C28H25N3O8S. The van der Waals surface area contributed by atoms with Gasteiger partial charge in [-0.3, -0.25) is 29.4 Å². The van der Waals surface area contributed by atoms with Gasteiger partial charge in [-0.15, -0.1) is 0 Å². The van der Waals surface area contributed by atoms with E-state index in [0.717, 1.165) is 22.2 Å². The SMILES string of the molecule is COc1cc(/C=C2\SC(=O)N(CCOc3ccc(C)cc3)C2=O)ccc1OCC(=O)Nc1cccc([N+](=O)[O-])c1. The highest BCUT2D eigenvalue weighted by Crippen LogP contribution is 2.34. The molecular weight excluding hydrogens is 538 g/mol. The molecule has 4 rings (SSSR count). The van der Waals surface area contributed by atoms with Gasteiger partial charge in [0.15, 0.2) is 18.1 Å². The second-order valence-electron chi connectivity index (χ2n) is 8.55. The van der Waals surface area contributed by atoms with Gasteiger partial charge in [-0.1, -0.05) is 29.8 Å². The standard InChI is InChI=1S/C28H25N3O8S/c1-18-6-9-22(10-7-18)38-13-12-30-27(33)25(40-28(30)34)15-19-8-11-23(24(14-19)37-2)39-17-26(32)29-20-4-3-5-21(16-20)31(35)36/h3-11,14-16H,12-13,17H2,1-2H3,(H,29,32)/b25-15-. The van der Waals surface area contributed by atoms with Crippen molar-refractivity contribution in [3.63, 3.8) is 0 Å². The molecule has 1 saturated heterocycles. The number of nitro benzene ring substituents is 1. The quantitative estimate of drug-likeness (QED) is 0.193. The zero-order valence-electron chi connectivity index (χ0n) is 21.6. The average molecular weight is 564 g/mol. The maximum absolute atomic E-state index is 12.8. The number of ether oxygens (including phenoxy) is 3. The number of rotatable bonds is 11. The molecule has 0 radical (unpaired) electrons. The predicted molar refractivity (Wildman–Crippen MR) is 150 cm³/mol. The number of hydrogen-bond acceptors (Lipinski definition) is 9. The monoisotopic (exact) mass is 563 g/mol. The first-order valence-electron chi connectivity index (χ1n) is 12.0. The summed E-state index contributed by atoms with van der Waals surface area (Å²) in [5, 5.41) is 13.1. The largest absolute Gasteiger partial charge is 0.493 e. The van der Waals surface area contributed by atoms with E-state index < -0.39 is 16.7 Å². The van der Waals surface area contributed by atoms with Gasteiger partial charge in [0.05, 0.1) is 23.5 Å². The average Bonchev–Trinajstić information content (AvgIpc) is 3.20. The van der Waals surface area contributed by atoms with Gasteiger partial charge in [0.25, 0.3) is 22.7 Å². The molecule has 206 valence electrons. The molecule has 1 fully saturated rings. The second kappa shape index (κ2) is 12.8. The fourth-order valence-corrected chi connectivity index (χ4v) is 4.53. The van der Waals surface area contributed by atoms with E-state index in [9.17, 15) is 24.5 Å². The molecule has 0 aromatic heterocycles. The molecule has 1 aliphatic heterocycles. The third-order valence-corrected chi connectivity index (χ3v) is 6.57. The van der Waals surface area contributed by atoms with Crippen LogP contribution < -0.4 is 19.5 Å². The number of amides is 3.